The second-order valence-corrected chi connectivity index (χ2v) is 3.03. The molecule has 1 rings (SSSR count). The zero-order valence-corrected chi connectivity index (χ0v) is 8.69. The molecule has 0 saturated heterocycles. The van der Waals surface area contributed by atoms with E-state index in [0.717, 1.165) is 6.08 Å². The molecule has 0 aliphatic carbocycles. The smallest absolute Gasteiger partial charge is 0.339 e. The minimum atomic E-state index is -1.12. The molecular weight excluding hydrogens is 210 g/mol. The fourth-order valence-electron chi connectivity index (χ4n) is 1.10. The summed E-state index contributed by atoms with van der Waals surface area (Å²) in [6.45, 7) is 4.93. The number of carboxylic acid groups (broad SMARTS) is 1. The first-order chi connectivity index (χ1) is 7.56. The molecule has 0 saturated carbocycles. The highest BCUT2D eigenvalue weighted by molar-refractivity contribution is 5.91. The Morgan fingerprint density at radius 3 is 2.75 bits per heavy atom. The van der Waals surface area contributed by atoms with Crippen molar-refractivity contribution in [3.8, 4) is 5.75 Å². The van der Waals surface area contributed by atoms with Crippen LogP contribution in [0.15, 0.2) is 30.9 Å². The Morgan fingerprint density at radius 2 is 2.19 bits per heavy atom. The van der Waals surface area contributed by atoms with E-state index in [1.54, 1.807) is 19.1 Å². The highest BCUT2D eigenvalue weighted by Crippen LogP contribution is 2.22. The van der Waals surface area contributed by atoms with Gasteiger partial charge in [0.25, 0.3) is 5.91 Å². The van der Waals surface area contributed by atoms with E-state index in [9.17, 15) is 9.59 Å². The number of nitrogens with one attached hydrogen (secondary N) is 1. The molecule has 1 aromatic carbocycles. The Labute approximate surface area is 92.3 Å². The SMILES string of the molecule is C=CC(=O)NOc1c(C)cccc1C(=O)O. The standard InChI is InChI=1S/C11H11NO4/c1-3-9(13)12-16-10-7(2)5-4-6-8(10)11(14)15/h3-6H,1H2,2H3,(H,12,13)(H,14,15). The molecule has 84 valence electrons. The number of carboxylic acids is 1. The zero-order valence-electron chi connectivity index (χ0n) is 8.69. The lowest BCUT2D eigenvalue weighted by Crippen LogP contribution is -2.26. The lowest BCUT2D eigenvalue weighted by molar-refractivity contribution is -0.122. The Hall–Kier alpha value is -2.30. The van der Waals surface area contributed by atoms with Crippen LogP contribution in [0.25, 0.3) is 0 Å². The van der Waals surface area contributed by atoms with Crippen molar-refractivity contribution in [1.82, 2.24) is 5.48 Å². The van der Waals surface area contributed by atoms with Crippen LogP contribution in [-0.4, -0.2) is 17.0 Å². The minimum absolute atomic E-state index is 0.00985. The van der Waals surface area contributed by atoms with Gasteiger partial charge in [-0.05, 0) is 24.6 Å². The van der Waals surface area contributed by atoms with Crippen molar-refractivity contribution < 1.29 is 19.5 Å². The monoisotopic (exact) mass is 221 g/mol. The second-order valence-electron chi connectivity index (χ2n) is 3.03. The van der Waals surface area contributed by atoms with Crippen molar-refractivity contribution in [3.05, 3.63) is 42.0 Å². The molecule has 0 atom stereocenters. The first-order valence-electron chi connectivity index (χ1n) is 4.48. The third-order valence-corrected chi connectivity index (χ3v) is 1.88. The summed E-state index contributed by atoms with van der Waals surface area (Å²) in [6.07, 6.45) is 1.03. The van der Waals surface area contributed by atoms with Gasteiger partial charge in [-0.15, -0.1) is 0 Å². The van der Waals surface area contributed by atoms with E-state index in [0.29, 0.717) is 5.56 Å². The van der Waals surface area contributed by atoms with Gasteiger partial charge in [-0.3, -0.25) is 4.79 Å². The largest absolute Gasteiger partial charge is 0.478 e. The van der Waals surface area contributed by atoms with Crippen molar-refractivity contribution in [3.63, 3.8) is 0 Å². The second kappa shape index (κ2) is 4.97. The number of benzene rings is 1. The summed E-state index contributed by atoms with van der Waals surface area (Å²) in [7, 11) is 0. The van der Waals surface area contributed by atoms with Gasteiger partial charge in [-0.1, -0.05) is 18.7 Å². The fraction of sp³-hybridized carbons (Fsp3) is 0.0909. The molecule has 0 spiro atoms. The van der Waals surface area contributed by atoms with Crippen LogP contribution in [-0.2, 0) is 4.79 Å². The number of carbonyl (C=O) groups excluding carboxylic acids is 1. The number of carbonyl (C=O) groups is 2. The molecule has 5 heteroatoms. The normalized spacial score (nSPS) is 9.31. The summed E-state index contributed by atoms with van der Waals surface area (Å²) >= 11 is 0. The molecule has 5 nitrogen and oxygen atoms in total. The average Bonchev–Trinajstić information content (AvgIpc) is 2.26. The number of rotatable bonds is 4. The molecule has 0 aromatic heterocycles. The van der Waals surface area contributed by atoms with Gasteiger partial charge in [0.1, 0.15) is 5.56 Å². The molecule has 0 unspecified atom stereocenters. The Morgan fingerprint density at radius 1 is 1.50 bits per heavy atom. The van der Waals surface area contributed by atoms with E-state index in [1.807, 2.05) is 0 Å². The Balaban J connectivity index is 2.97. The van der Waals surface area contributed by atoms with Gasteiger partial charge in [-0.2, -0.15) is 5.48 Å². The number of hydrogen-bond donors (Lipinski definition) is 2. The van der Waals surface area contributed by atoms with Gasteiger partial charge in [0.15, 0.2) is 5.75 Å². The number of hydrogen-bond acceptors (Lipinski definition) is 3. The molecule has 0 heterocycles. The summed E-state index contributed by atoms with van der Waals surface area (Å²) in [4.78, 5) is 26.7. The summed E-state index contributed by atoms with van der Waals surface area (Å²) in [6, 6.07) is 4.67. The molecule has 2 N–H and O–H groups in total. The summed E-state index contributed by atoms with van der Waals surface area (Å²) in [5.74, 6) is -1.55. The van der Waals surface area contributed by atoms with Gasteiger partial charge in [0.2, 0.25) is 0 Å². The predicted octanol–water partition coefficient (Wildman–Crippen LogP) is 1.29. The van der Waals surface area contributed by atoms with Gasteiger partial charge < -0.3 is 9.94 Å². The van der Waals surface area contributed by atoms with Crippen molar-refractivity contribution >= 4 is 11.9 Å². The predicted molar refractivity (Wildman–Crippen MR) is 57.1 cm³/mol. The van der Waals surface area contributed by atoms with E-state index < -0.39 is 11.9 Å². The lowest BCUT2D eigenvalue weighted by atomic mass is 10.1. The van der Waals surface area contributed by atoms with Gasteiger partial charge in [-0.25, -0.2) is 4.79 Å². The van der Waals surface area contributed by atoms with E-state index in [2.05, 4.69) is 12.1 Å². The highest BCUT2D eigenvalue weighted by atomic mass is 16.7. The molecule has 0 bridgehead atoms. The van der Waals surface area contributed by atoms with Crippen LogP contribution in [0.5, 0.6) is 5.75 Å². The maximum absolute atomic E-state index is 10.9. The average molecular weight is 221 g/mol. The minimum Gasteiger partial charge on any atom is -0.478 e. The van der Waals surface area contributed by atoms with Gasteiger partial charge in [0, 0.05) is 0 Å². The van der Waals surface area contributed by atoms with Crippen LogP contribution < -0.4 is 10.3 Å². The Bertz CT molecular complexity index is 440. The van der Waals surface area contributed by atoms with Crippen molar-refractivity contribution in [2.45, 2.75) is 6.92 Å². The van der Waals surface area contributed by atoms with Crippen molar-refractivity contribution in [1.29, 1.82) is 0 Å². The first kappa shape index (κ1) is 11.8. The van der Waals surface area contributed by atoms with Gasteiger partial charge in [0.05, 0.1) is 0 Å². The van der Waals surface area contributed by atoms with Crippen LogP contribution in [0, 0.1) is 6.92 Å². The van der Waals surface area contributed by atoms with Crippen LogP contribution in [0.3, 0.4) is 0 Å². The first-order valence-corrected chi connectivity index (χ1v) is 4.48. The van der Waals surface area contributed by atoms with E-state index in [-0.39, 0.29) is 11.3 Å². The summed E-state index contributed by atoms with van der Waals surface area (Å²) in [5.41, 5.74) is 2.67. The van der Waals surface area contributed by atoms with Crippen LogP contribution in [0.1, 0.15) is 15.9 Å². The third kappa shape index (κ3) is 2.60. The van der Waals surface area contributed by atoms with Crippen LogP contribution >= 0.6 is 0 Å². The molecule has 1 amide bonds. The molecule has 0 aliphatic rings. The van der Waals surface area contributed by atoms with Crippen molar-refractivity contribution in [2.75, 3.05) is 0 Å². The summed E-state index contributed by atoms with van der Waals surface area (Å²) in [5, 5.41) is 8.90. The molecular formula is C11H11NO4. The van der Waals surface area contributed by atoms with E-state index >= 15 is 0 Å². The van der Waals surface area contributed by atoms with Crippen molar-refractivity contribution in [2.24, 2.45) is 0 Å². The number of amides is 1. The number of aromatic carboxylic acids is 1. The number of aryl methyl sites for hydroxylation is 1. The van der Waals surface area contributed by atoms with Crippen LogP contribution in [0.4, 0.5) is 0 Å². The summed E-state index contributed by atoms with van der Waals surface area (Å²) < 4.78 is 0. The maximum Gasteiger partial charge on any atom is 0.339 e. The Kier molecular flexibility index (Phi) is 3.66. The third-order valence-electron chi connectivity index (χ3n) is 1.88. The van der Waals surface area contributed by atoms with E-state index in [4.69, 9.17) is 9.94 Å². The fourth-order valence-corrected chi connectivity index (χ4v) is 1.10. The quantitative estimate of drug-likeness (QED) is 0.593. The zero-order chi connectivity index (χ0) is 12.1. The maximum atomic E-state index is 10.9. The highest BCUT2D eigenvalue weighted by Gasteiger charge is 2.14. The van der Waals surface area contributed by atoms with E-state index in [1.165, 1.54) is 6.07 Å². The molecule has 16 heavy (non-hydrogen) atoms. The molecule has 0 fully saturated rings. The lowest BCUT2D eigenvalue weighted by Gasteiger charge is -2.10. The topological polar surface area (TPSA) is 75.6 Å². The van der Waals surface area contributed by atoms with Crippen LogP contribution in [0.2, 0.25) is 0 Å². The van der Waals surface area contributed by atoms with Gasteiger partial charge >= 0.3 is 5.97 Å². The number of para-hydroxylation sites is 1. The molecule has 1 aromatic rings. The molecule has 0 aliphatic heterocycles. The number of hydroxylamine groups is 1. The molecule has 0 radical (unpaired) electrons.